The van der Waals surface area contributed by atoms with Crippen molar-refractivity contribution >= 4 is 21.8 Å². The molecule has 2 heterocycles. The average molecular weight is 403 g/mol. The number of sulfonamides is 1. The number of hydrogen-bond acceptors (Lipinski definition) is 5. The van der Waals surface area contributed by atoms with Crippen LogP contribution >= 0.6 is 0 Å². The van der Waals surface area contributed by atoms with Crippen molar-refractivity contribution in [2.75, 3.05) is 58.1 Å². The van der Waals surface area contributed by atoms with E-state index < -0.39 is 10.0 Å². The van der Waals surface area contributed by atoms with E-state index in [9.17, 15) is 18.0 Å². The molecule has 2 fully saturated rings. The van der Waals surface area contributed by atoms with Gasteiger partial charge in [-0.05, 0) is 32.6 Å². The molecule has 27 heavy (non-hydrogen) atoms. The van der Waals surface area contributed by atoms with Gasteiger partial charge in [-0.3, -0.25) is 14.5 Å². The molecular formula is C18H34N4O4S. The van der Waals surface area contributed by atoms with Crippen molar-refractivity contribution in [3.05, 3.63) is 0 Å². The summed E-state index contributed by atoms with van der Waals surface area (Å²) in [4.78, 5) is 28.7. The lowest BCUT2D eigenvalue weighted by molar-refractivity contribution is -0.136. The highest BCUT2D eigenvalue weighted by Crippen LogP contribution is 2.22. The highest BCUT2D eigenvalue weighted by Gasteiger charge is 2.34. The van der Waals surface area contributed by atoms with Crippen LogP contribution < -0.4 is 5.32 Å². The monoisotopic (exact) mass is 402 g/mol. The lowest BCUT2D eigenvalue weighted by Gasteiger charge is -2.34. The fourth-order valence-corrected chi connectivity index (χ4v) is 5.44. The normalized spacial score (nSPS) is 23.0. The largest absolute Gasteiger partial charge is 0.355 e. The maximum absolute atomic E-state index is 13.0. The molecule has 9 heteroatoms. The van der Waals surface area contributed by atoms with E-state index in [1.807, 2.05) is 18.7 Å². The predicted octanol–water partition coefficient (Wildman–Crippen LogP) is 0.109. The summed E-state index contributed by atoms with van der Waals surface area (Å²) in [5.41, 5.74) is 0. The number of carbonyl (C=O) groups is 2. The summed E-state index contributed by atoms with van der Waals surface area (Å²) in [7, 11) is -3.26. The molecule has 2 aliphatic rings. The lowest BCUT2D eigenvalue weighted by Crippen LogP contribution is -2.48. The summed E-state index contributed by atoms with van der Waals surface area (Å²) in [6.07, 6.45) is 2.90. The van der Waals surface area contributed by atoms with Crippen LogP contribution in [0.25, 0.3) is 0 Å². The molecule has 0 aromatic rings. The number of nitrogens with one attached hydrogen (secondary N) is 1. The molecular weight excluding hydrogens is 368 g/mol. The maximum Gasteiger partial charge on any atom is 0.234 e. The zero-order chi connectivity index (χ0) is 19.9. The second-order valence-corrected chi connectivity index (χ2v) is 9.51. The lowest BCUT2D eigenvalue weighted by atomic mass is 9.98. The minimum absolute atomic E-state index is 0.0151. The Kier molecular flexibility index (Phi) is 8.50. The number of amides is 2. The van der Waals surface area contributed by atoms with E-state index in [-0.39, 0.29) is 23.5 Å². The molecule has 8 nitrogen and oxygen atoms in total. The Labute approximate surface area is 163 Å². The average Bonchev–Trinajstić information content (AvgIpc) is 2.87. The summed E-state index contributed by atoms with van der Waals surface area (Å²) in [5.74, 6) is -0.0280. The van der Waals surface area contributed by atoms with E-state index in [4.69, 9.17) is 0 Å². The van der Waals surface area contributed by atoms with Gasteiger partial charge in [-0.1, -0.05) is 6.92 Å². The third kappa shape index (κ3) is 6.43. The number of likely N-dealkylation sites (N-methyl/N-ethyl adjacent to an activating group) is 1. The molecule has 2 aliphatic heterocycles. The van der Waals surface area contributed by atoms with Crippen LogP contribution in [0.5, 0.6) is 0 Å². The quantitative estimate of drug-likeness (QED) is 0.653. The first-order valence-corrected chi connectivity index (χ1v) is 11.7. The van der Waals surface area contributed by atoms with Gasteiger partial charge >= 0.3 is 0 Å². The molecule has 0 aromatic carbocycles. The molecule has 0 spiro atoms. The standard InChI is InChI=1S/C18H34N4O4S/c1-3-13-27(25,26)22-10-5-7-16(14-22)18(24)21-9-6-8-20(11-12-21)15-17(23)19-4-2/h16H,3-15H2,1-2H3,(H,19,23). The Bertz CT molecular complexity index is 610. The third-order valence-corrected chi connectivity index (χ3v) is 7.27. The van der Waals surface area contributed by atoms with Crippen molar-refractivity contribution in [2.24, 2.45) is 5.92 Å². The van der Waals surface area contributed by atoms with Crippen LogP contribution in [0.1, 0.15) is 39.5 Å². The zero-order valence-electron chi connectivity index (χ0n) is 16.7. The van der Waals surface area contributed by atoms with Gasteiger partial charge < -0.3 is 10.2 Å². The van der Waals surface area contributed by atoms with Crippen molar-refractivity contribution in [3.63, 3.8) is 0 Å². The molecule has 2 saturated heterocycles. The van der Waals surface area contributed by atoms with Crippen LogP contribution in [-0.4, -0.2) is 92.4 Å². The topological polar surface area (TPSA) is 90.0 Å². The van der Waals surface area contributed by atoms with Gasteiger partial charge in [-0.2, -0.15) is 0 Å². The summed E-state index contributed by atoms with van der Waals surface area (Å²) < 4.78 is 26.2. The minimum atomic E-state index is -3.26. The molecule has 0 aliphatic carbocycles. The van der Waals surface area contributed by atoms with Crippen LogP contribution in [0.4, 0.5) is 0 Å². The fourth-order valence-electron chi connectivity index (χ4n) is 3.85. The molecule has 0 radical (unpaired) electrons. The number of rotatable bonds is 7. The van der Waals surface area contributed by atoms with Crippen LogP contribution in [0.2, 0.25) is 0 Å². The third-order valence-electron chi connectivity index (χ3n) is 5.23. The smallest absolute Gasteiger partial charge is 0.234 e. The molecule has 1 N–H and O–H groups in total. The fraction of sp³-hybridized carbons (Fsp3) is 0.889. The first-order valence-electron chi connectivity index (χ1n) is 10.1. The van der Waals surface area contributed by atoms with Gasteiger partial charge in [-0.15, -0.1) is 0 Å². The number of piperidine rings is 1. The molecule has 0 bridgehead atoms. The molecule has 1 unspecified atom stereocenters. The molecule has 2 rings (SSSR count). The second-order valence-electron chi connectivity index (χ2n) is 7.42. The highest BCUT2D eigenvalue weighted by atomic mass is 32.2. The van der Waals surface area contributed by atoms with Crippen LogP contribution in [0.15, 0.2) is 0 Å². The molecule has 1 atom stereocenters. The minimum Gasteiger partial charge on any atom is -0.355 e. The van der Waals surface area contributed by atoms with Crippen molar-refractivity contribution < 1.29 is 18.0 Å². The van der Waals surface area contributed by atoms with Crippen molar-refractivity contribution in [2.45, 2.75) is 39.5 Å². The van der Waals surface area contributed by atoms with Crippen molar-refractivity contribution in [1.29, 1.82) is 0 Å². The van der Waals surface area contributed by atoms with E-state index in [0.717, 1.165) is 25.8 Å². The number of hydrogen-bond donors (Lipinski definition) is 1. The number of carbonyl (C=O) groups excluding carboxylic acids is 2. The van der Waals surface area contributed by atoms with E-state index in [1.54, 1.807) is 0 Å². The zero-order valence-corrected chi connectivity index (χ0v) is 17.5. The van der Waals surface area contributed by atoms with Gasteiger partial charge in [0.15, 0.2) is 0 Å². The molecule has 0 saturated carbocycles. The number of nitrogens with zero attached hydrogens (tertiary/aromatic N) is 3. The summed E-state index contributed by atoms with van der Waals surface area (Å²) in [5, 5.41) is 2.80. The second kappa shape index (κ2) is 10.4. The van der Waals surface area contributed by atoms with Crippen LogP contribution in [0.3, 0.4) is 0 Å². The maximum atomic E-state index is 13.0. The first kappa shape index (κ1) is 22.1. The van der Waals surface area contributed by atoms with Crippen molar-refractivity contribution in [3.8, 4) is 0 Å². The van der Waals surface area contributed by atoms with Crippen LogP contribution in [0, 0.1) is 5.92 Å². The molecule has 0 aromatic heterocycles. The highest BCUT2D eigenvalue weighted by molar-refractivity contribution is 7.89. The Morgan fingerprint density at radius 1 is 1.04 bits per heavy atom. The van der Waals surface area contributed by atoms with E-state index >= 15 is 0 Å². The van der Waals surface area contributed by atoms with E-state index in [0.29, 0.717) is 52.2 Å². The Morgan fingerprint density at radius 3 is 2.52 bits per heavy atom. The van der Waals surface area contributed by atoms with Gasteiger partial charge in [-0.25, -0.2) is 12.7 Å². The predicted molar refractivity (Wildman–Crippen MR) is 105 cm³/mol. The Morgan fingerprint density at radius 2 is 1.81 bits per heavy atom. The van der Waals surface area contributed by atoms with Gasteiger partial charge in [0.2, 0.25) is 21.8 Å². The van der Waals surface area contributed by atoms with Crippen molar-refractivity contribution in [1.82, 2.24) is 19.4 Å². The van der Waals surface area contributed by atoms with Crippen LogP contribution in [-0.2, 0) is 19.6 Å². The van der Waals surface area contributed by atoms with Gasteiger partial charge in [0.05, 0.1) is 18.2 Å². The molecule has 156 valence electrons. The summed E-state index contributed by atoms with van der Waals surface area (Å²) in [6.45, 7) is 8.30. The van der Waals surface area contributed by atoms with Gasteiger partial charge in [0.25, 0.3) is 0 Å². The van der Waals surface area contributed by atoms with E-state index in [2.05, 4.69) is 10.2 Å². The van der Waals surface area contributed by atoms with E-state index in [1.165, 1.54) is 4.31 Å². The Balaban J connectivity index is 1.90. The van der Waals surface area contributed by atoms with Gasteiger partial charge in [0, 0.05) is 45.8 Å². The SMILES string of the molecule is CCCS(=O)(=O)N1CCCC(C(=O)N2CCCN(CC(=O)NCC)CC2)C1. The van der Waals surface area contributed by atoms with Gasteiger partial charge in [0.1, 0.15) is 0 Å². The Hall–Kier alpha value is -1.19. The molecule has 2 amide bonds. The first-order chi connectivity index (χ1) is 12.9. The summed E-state index contributed by atoms with van der Waals surface area (Å²) in [6, 6.07) is 0. The summed E-state index contributed by atoms with van der Waals surface area (Å²) >= 11 is 0.